The van der Waals surface area contributed by atoms with Crippen molar-refractivity contribution < 1.29 is 51.9 Å². The van der Waals surface area contributed by atoms with E-state index < -0.39 is 75.4 Å². The molecule has 2 aromatic rings. The quantitative estimate of drug-likeness (QED) is 0.364. The molecule has 4 bridgehead atoms. The molecule has 0 spiro atoms. The predicted molar refractivity (Wildman–Crippen MR) is 135 cm³/mol. The Labute approximate surface area is 226 Å². The van der Waals surface area contributed by atoms with Gasteiger partial charge in [0.1, 0.15) is 24.4 Å². The van der Waals surface area contributed by atoms with E-state index in [9.17, 15) is 9.59 Å². The van der Waals surface area contributed by atoms with Gasteiger partial charge in [-0.3, -0.25) is 9.59 Å². The van der Waals surface area contributed by atoms with E-state index in [0.717, 1.165) is 10.9 Å². The second kappa shape index (κ2) is 11.4. The smallest absolute Gasteiger partial charge is 0.457 e. The fourth-order valence-electron chi connectivity index (χ4n) is 5.24. The Morgan fingerprint density at radius 3 is 1.46 bits per heavy atom. The van der Waals surface area contributed by atoms with Gasteiger partial charge >= 0.3 is 26.2 Å². The third-order valence-corrected chi connectivity index (χ3v) is 6.94. The van der Waals surface area contributed by atoms with Crippen LogP contribution in [-0.4, -0.2) is 88.6 Å². The number of rotatable bonds is 6. The first-order valence-electron chi connectivity index (χ1n) is 12.9. The third kappa shape index (κ3) is 5.62. The van der Waals surface area contributed by atoms with Crippen LogP contribution < -0.4 is 10.9 Å². The van der Waals surface area contributed by atoms with Gasteiger partial charge in [0.2, 0.25) is 0 Å². The fraction of sp³-hybridized carbons (Fsp3) is 0.462. The predicted octanol–water partition coefficient (Wildman–Crippen LogP) is -0.0622. The van der Waals surface area contributed by atoms with Crippen molar-refractivity contribution in [1.82, 2.24) is 0 Å². The van der Waals surface area contributed by atoms with Crippen molar-refractivity contribution in [2.24, 2.45) is 0 Å². The van der Waals surface area contributed by atoms with E-state index in [0.29, 0.717) is 0 Å². The highest BCUT2D eigenvalue weighted by Gasteiger charge is 2.56. The molecule has 4 aliphatic heterocycles. The summed E-state index contributed by atoms with van der Waals surface area (Å²) >= 11 is 0. The molecule has 4 fully saturated rings. The number of hydrogen-bond acceptors (Lipinski definition) is 11. The molecule has 2 aromatic carbocycles. The molecule has 4 heterocycles. The van der Waals surface area contributed by atoms with Crippen LogP contribution in [0.5, 0.6) is 0 Å². The van der Waals surface area contributed by atoms with Crippen molar-refractivity contribution in [2.75, 3.05) is 13.2 Å². The lowest BCUT2D eigenvalue weighted by atomic mass is 9.75. The molecule has 0 amide bonds. The molecule has 0 aliphatic carbocycles. The summed E-state index contributed by atoms with van der Waals surface area (Å²) in [5, 5.41) is 0. The summed E-state index contributed by atoms with van der Waals surface area (Å²) in [6, 6.07) is 18.9. The standard InChI is InChI=1S/C26H28B2O11/c1-15(29)33-21-19-13-31-25(23(21)38-27(36-19)17-9-5-3-6-10-17)35-26-24-22(34-16(2)30)20(14-32-26)37-28(39-24)18-11-7-4-8-12-18/h3-12,19-26H,13-14H2,1-2H3/t19-,20?,21-,22?,23-,24?,25?,26?/m1/s1. The van der Waals surface area contributed by atoms with Gasteiger partial charge in [-0.2, -0.15) is 0 Å². The molecule has 0 radical (unpaired) electrons. The van der Waals surface area contributed by atoms with Gasteiger partial charge in [-0.1, -0.05) is 60.7 Å². The molecule has 4 saturated heterocycles. The Morgan fingerprint density at radius 1 is 0.667 bits per heavy atom. The topological polar surface area (TPSA) is 117 Å². The summed E-state index contributed by atoms with van der Waals surface area (Å²) in [6.07, 6.45) is -6.32. The molecule has 6 rings (SSSR count). The average molecular weight is 538 g/mol. The molecule has 13 heteroatoms. The molecule has 39 heavy (non-hydrogen) atoms. The van der Waals surface area contributed by atoms with Gasteiger partial charge in [0.15, 0.2) is 24.8 Å². The Kier molecular flexibility index (Phi) is 7.72. The first-order valence-corrected chi connectivity index (χ1v) is 12.9. The van der Waals surface area contributed by atoms with E-state index in [1.165, 1.54) is 13.8 Å². The second-order valence-corrected chi connectivity index (χ2v) is 9.72. The number of esters is 2. The van der Waals surface area contributed by atoms with Crippen molar-refractivity contribution in [3.05, 3.63) is 60.7 Å². The van der Waals surface area contributed by atoms with Gasteiger partial charge in [0.05, 0.1) is 13.2 Å². The van der Waals surface area contributed by atoms with Crippen LogP contribution in [0, 0.1) is 0 Å². The number of fused-ring (bicyclic) bond motifs is 4. The normalized spacial score (nSPS) is 33.8. The number of carbonyl (C=O) groups excluding carboxylic acids is 2. The van der Waals surface area contributed by atoms with Gasteiger partial charge in [0, 0.05) is 13.8 Å². The number of benzene rings is 2. The van der Waals surface area contributed by atoms with E-state index in [4.69, 9.17) is 42.3 Å². The van der Waals surface area contributed by atoms with Crippen LogP contribution in [0.1, 0.15) is 13.8 Å². The molecular formula is C26H28B2O11. The largest absolute Gasteiger partial charge is 0.494 e. The monoisotopic (exact) mass is 538 g/mol. The van der Waals surface area contributed by atoms with Gasteiger partial charge in [0.25, 0.3) is 0 Å². The first-order chi connectivity index (χ1) is 19.0. The Bertz CT molecular complexity index is 1070. The molecular weight excluding hydrogens is 510 g/mol. The first kappa shape index (κ1) is 26.5. The van der Waals surface area contributed by atoms with Crippen LogP contribution >= 0.6 is 0 Å². The Balaban J connectivity index is 1.24. The minimum atomic E-state index is -0.998. The minimum Gasteiger partial charge on any atom is -0.457 e. The Morgan fingerprint density at radius 2 is 1.08 bits per heavy atom. The summed E-state index contributed by atoms with van der Waals surface area (Å²) in [5.41, 5.74) is 1.61. The van der Waals surface area contributed by atoms with Crippen molar-refractivity contribution in [1.29, 1.82) is 0 Å². The summed E-state index contributed by atoms with van der Waals surface area (Å²) in [5.74, 6) is -0.961. The third-order valence-electron chi connectivity index (χ3n) is 6.94. The van der Waals surface area contributed by atoms with Gasteiger partial charge in [-0.25, -0.2) is 0 Å². The van der Waals surface area contributed by atoms with Crippen LogP contribution in [0.2, 0.25) is 0 Å². The van der Waals surface area contributed by atoms with Crippen molar-refractivity contribution in [3.63, 3.8) is 0 Å². The van der Waals surface area contributed by atoms with E-state index in [1.807, 2.05) is 60.7 Å². The van der Waals surface area contributed by atoms with Crippen LogP contribution in [0.4, 0.5) is 0 Å². The minimum absolute atomic E-state index is 0.0931. The van der Waals surface area contributed by atoms with E-state index in [1.54, 1.807) is 0 Å². The molecule has 11 nitrogen and oxygen atoms in total. The number of carbonyl (C=O) groups is 2. The summed E-state index contributed by atoms with van der Waals surface area (Å²) < 4.78 is 54.0. The molecule has 0 saturated carbocycles. The average Bonchev–Trinajstić information content (AvgIpc) is 2.92. The van der Waals surface area contributed by atoms with E-state index in [2.05, 4.69) is 0 Å². The SMILES string of the molecule is CC(=O)OC1C2COC(OC3OC[C@H]4OB(c5ccccc5)O[C@@H]3[C@@H]4OC(C)=O)C1OB(c1ccccc1)O2. The van der Waals surface area contributed by atoms with Crippen LogP contribution in [0.3, 0.4) is 0 Å². The molecule has 0 N–H and O–H groups in total. The molecule has 204 valence electrons. The number of ether oxygens (including phenoxy) is 5. The zero-order valence-corrected chi connectivity index (χ0v) is 21.5. The summed E-state index contributed by atoms with van der Waals surface area (Å²) in [4.78, 5) is 23.9. The Hall–Kier alpha value is -2.77. The highest BCUT2D eigenvalue weighted by molar-refractivity contribution is 6.62. The lowest BCUT2D eigenvalue weighted by Gasteiger charge is -2.50. The van der Waals surface area contributed by atoms with Crippen LogP contribution in [0.25, 0.3) is 0 Å². The van der Waals surface area contributed by atoms with Crippen LogP contribution in [-0.2, 0) is 51.9 Å². The molecule has 0 aromatic heterocycles. The highest BCUT2D eigenvalue weighted by Crippen LogP contribution is 2.35. The van der Waals surface area contributed by atoms with Crippen molar-refractivity contribution >= 4 is 37.1 Å². The zero-order valence-electron chi connectivity index (χ0n) is 21.5. The lowest BCUT2D eigenvalue weighted by Crippen LogP contribution is -2.69. The molecule has 4 aliphatic rings. The van der Waals surface area contributed by atoms with Gasteiger partial charge < -0.3 is 42.3 Å². The van der Waals surface area contributed by atoms with Crippen molar-refractivity contribution in [2.45, 2.75) is 63.1 Å². The fourth-order valence-corrected chi connectivity index (χ4v) is 5.24. The molecule has 8 atom stereocenters. The highest BCUT2D eigenvalue weighted by atomic mass is 16.8. The summed E-state index contributed by atoms with van der Waals surface area (Å²) in [6.45, 7) is 2.83. The zero-order chi connectivity index (χ0) is 26.9. The lowest BCUT2D eigenvalue weighted by molar-refractivity contribution is -0.358. The maximum absolute atomic E-state index is 11.9. The number of hydrogen-bond donors (Lipinski definition) is 0. The second-order valence-electron chi connectivity index (χ2n) is 9.72. The van der Waals surface area contributed by atoms with Crippen LogP contribution in [0.15, 0.2) is 60.7 Å². The van der Waals surface area contributed by atoms with Gasteiger partial charge in [-0.05, 0) is 10.9 Å². The maximum Gasteiger partial charge on any atom is 0.494 e. The van der Waals surface area contributed by atoms with Crippen molar-refractivity contribution in [3.8, 4) is 0 Å². The molecule has 5 unspecified atom stereocenters. The van der Waals surface area contributed by atoms with Gasteiger partial charge in [-0.15, -0.1) is 0 Å². The maximum atomic E-state index is 11.9. The summed E-state index contributed by atoms with van der Waals surface area (Å²) in [7, 11) is -1.43. The van der Waals surface area contributed by atoms with E-state index in [-0.39, 0.29) is 13.2 Å². The van der Waals surface area contributed by atoms with E-state index >= 15 is 0 Å².